The van der Waals surface area contributed by atoms with Crippen LogP contribution in [-0.2, 0) is 11.3 Å². The lowest BCUT2D eigenvalue weighted by Gasteiger charge is -2.15. The fourth-order valence-electron chi connectivity index (χ4n) is 1.30. The van der Waals surface area contributed by atoms with Gasteiger partial charge in [0.25, 0.3) is 0 Å². The van der Waals surface area contributed by atoms with Crippen LogP contribution in [0.1, 0.15) is 11.3 Å². The van der Waals surface area contributed by atoms with Crippen molar-refractivity contribution in [2.45, 2.75) is 13.5 Å². The molecule has 4 heteroatoms. The molecule has 4 nitrogen and oxygen atoms in total. The Balaban J connectivity index is 2.60. The first-order chi connectivity index (χ1) is 6.59. The Labute approximate surface area is 83.7 Å². The van der Waals surface area contributed by atoms with E-state index in [1.165, 1.54) is 0 Å². The summed E-state index contributed by atoms with van der Waals surface area (Å²) < 4.78 is 0. The standard InChI is InChI=1S/C10H15N3O/c1-8-9(4-3-5-12-8)6-13(2)7-10(11)14/h3-5H,6-7H2,1-2H3,(H2,11,14). The second kappa shape index (κ2) is 4.72. The van der Waals surface area contributed by atoms with Crippen molar-refractivity contribution in [3.05, 3.63) is 29.6 Å². The number of aromatic nitrogens is 1. The summed E-state index contributed by atoms with van der Waals surface area (Å²) in [7, 11) is 1.86. The third kappa shape index (κ3) is 3.14. The average molecular weight is 193 g/mol. The van der Waals surface area contributed by atoms with Crippen LogP contribution < -0.4 is 5.73 Å². The first kappa shape index (κ1) is 10.7. The molecule has 0 bridgehead atoms. The summed E-state index contributed by atoms with van der Waals surface area (Å²) in [6.07, 6.45) is 1.76. The maximum atomic E-state index is 10.6. The van der Waals surface area contributed by atoms with Crippen molar-refractivity contribution in [3.63, 3.8) is 0 Å². The molecule has 0 atom stereocenters. The van der Waals surface area contributed by atoms with E-state index in [4.69, 9.17) is 5.73 Å². The smallest absolute Gasteiger partial charge is 0.231 e. The van der Waals surface area contributed by atoms with Crippen LogP contribution in [0, 0.1) is 6.92 Å². The SMILES string of the molecule is Cc1ncccc1CN(C)CC(N)=O. The Morgan fingerprint density at radius 2 is 2.36 bits per heavy atom. The Bertz CT molecular complexity index is 325. The topological polar surface area (TPSA) is 59.2 Å². The second-order valence-corrected chi connectivity index (χ2v) is 3.39. The van der Waals surface area contributed by atoms with Gasteiger partial charge in [-0.05, 0) is 25.6 Å². The van der Waals surface area contributed by atoms with Crippen LogP contribution in [0.15, 0.2) is 18.3 Å². The largest absolute Gasteiger partial charge is 0.369 e. The summed E-state index contributed by atoms with van der Waals surface area (Å²) >= 11 is 0. The van der Waals surface area contributed by atoms with Crippen molar-refractivity contribution in [3.8, 4) is 0 Å². The highest BCUT2D eigenvalue weighted by Gasteiger charge is 2.05. The van der Waals surface area contributed by atoms with E-state index in [1.54, 1.807) is 6.20 Å². The van der Waals surface area contributed by atoms with Gasteiger partial charge in [-0.3, -0.25) is 14.7 Å². The highest BCUT2D eigenvalue weighted by atomic mass is 16.1. The van der Waals surface area contributed by atoms with Crippen LogP contribution in [-0.4, -0.2) is 29.4 Å². The maximum Gasteiger partial charge on any atom is 0.231 e. The molecule has 0 saturated heterocycles. The molecule has 0 aromatic carbocycles. The first-order valence-electron chi connectivity index (χ1n) is 4.47. The zero-order valence-electron chi connectivity index (χ0n) is 8.53. The highest BCUT2D eigenvalue weighted by molar-refractivity contribution is 5.75. The molecule has 0 aliphatic rings. The summed E-state index contributed by atoms with van der Waals surface area (Å²) in [5.74, 6) is -0.311. The van der Waals surface area contributed by atoms with Gasteiger partial charge in [0.05, 0.1) is 6.54 Å². The predicted molar refractivity (Wildman–Crippen MR) is 54.5 cm³/mol. The van der Waals surface area contributed by atoms with E-state index in [0.29, 0.717) is 6.54 Å². The highest BCUT2D eigenvalue weighted by Crippen LogP contribution is 2.05. The third-order valence-corrected chi connectivity index (χ3v) is 1.98. The molecule has 0 fully saturated rings. The number of hydrogen-bond acceptors (Lipinski definition) is 3. The molecule has 1 rings (SSSR count). The Kier molecular flexibility index (Phi) is 3.59. The number of pyridine rings is 1. The maximum absolute atomic E-state index is 10.6. The number of amides is 1. The molecule has 14 heavy (non-hydrogen) atoms. The number of aryl methyl sites for hydroxylation is 1. The van der Waals surface area contributed by atoms with Gasteiger partial charge < -0.3 is 5.73 Å². The summed E-state index contributed by atoms with van der Waals surface area (Å²) in [5.41, 5.74) is 7.20. The molecule has 1 heterocycles. The molecule has 1 amide bonds. The van der Waals surface area contributed by atoms with E-state index in [2.05, 4.69) is 4.98 Å². The Morgan fingerprint density at radius 3 is 2.93 bits per heavy atom. The zero-order chi connectivity index (χ0) is 10.6. The molecule has 1 aromatic rings. The van der Waals surface area contributed by atoms with Gasteiger partial charge in [-0.15, -0.1) is 0 Å². The lowest BCUT2D eigenvalue weighted by atomic mass is 10.2. The van der Waals surface area contributed by atoms with Crippen molar-refractivity contribution < 1.29 is 4.79 Å². The number of likely N-dealkylation sites (N-methyl/N-ethyl adjacent to an activating group) is 1. The monoisotopic (exact) mass is 193 g/mol. The molecule has 0 saturated carbocycles. The minimum absolute atomic E-state index is 0.272. The number of nitrogens with zero attached hydrogens (tertiary/aromatic N) is 2. The molecular weight excluding hydrogens is 178 g/mol. The van der Waals surface area contributed by atoms with Crippen LogP contribution in [0.2, 0.25) is 0 Å². The zero-order valence-corrected chi connectivity index (χ0v) is 8.53. The first-order valence-corrected chi connectivity index (χ1v) is 4.47. The number of carbonyl (C=O) groups excluding carboxylic acids is 1. The molecular formula is C10H15N3O. The molecule has 0 spiro atoms. The summed E-state index contributed by atoms with van der Waals surface area (Å²) in [4.78, 5) is 16.7. The van der Waals surface area contributed by atoms with Crippen molar-refractivity contribution >= 4 is 5.91 Å². The number of rotatable bonds is 4. The van der Waals surface area contributed by atoms with Crippen molar-refractivity contribution in [1.29, 1.82) is 0 Å². The van der Waals surface area contributed by atoms with E-state index in [0.717, 1.165) is 11.3 Å². The van der Waals surface area contributed by atoms with Gasteiger partial charge in [-0.25, -0.2) is 0 Å². The second-order valence-electron chi connectivity index (χ2n) is 3.39. The minimum atomic E-state index is -0.311. The molecule has 0 aliphatic heterocycles. The van der Waals surface area contributed by atoms with Crippen molar-refractivity contribution in [1.82, 2.24) is 9.88 Å². The van der Waals surface area contributed by atoms with E-state index in [9.17, 15) is 4.79 Å². The quantitative estimate of drug-likeness (QED) is 0.748. The number of primary amides is 1. The Hall–Kier alpha value is -1.42. The van der Waals surface area contributed by atoms with Gasteiger partial charge in [0, 0.05) is 18.4 Å². The van der Waals surface area contributed by atoms with Gasteiger partial charge >= 0.3 is 0 Å². The van der Waals surface area contributed by atoms with E-state index in [1.807, 2.05) is 31.0 Å². The van der Waals surface area contributed by atoms with Gasteiger partial charge in [-0.2, -0.15) is 0 Å². The number of carbonyl (C=O) groups is 1. The van der Waals surface area contributed by atoms with Crippen LogP contribution in [0.5, 0.6) is 0 Å². The van der Waals surface area contributed by atoms with Crippen LogP contribution in [0.3, 0.4) is 0 Å². The number of nitrogens with two attached hydrogens (primary N) is 1. The fourth-order valence-corrected chi connectivity index (χ4v) is 1.30. The molecule has 0 unspecified atom stereocenters. The van der Waals surface area contributed by atoms with Crippen LogP contribution >= 0.6 is 0 Å². The molecule has 1 aromatic heterocycles. The summed E-state index contributed by atoms with van der Waals surface area (Å²) in [6.45, 7) is 2.92. The molecule has 2 N–H and O–H groups in total. The van der Waals surface area contributed by atoms with E-state index in [-0.39, 0.29) is 12.5 Å². The van der Waals surface area contributed by atoms with Gasteiger partial charge in [0.2, 0.25) is 5.91 Å². The van der Waals surface area contributed by atoms with E-state index < -0.39 is 0 Å². The van der Waals surface area contributed by atoms with Gasteiger partial charge in [0.15, 0.2) is 0 Å². The average Bonchev–Trinajstić information content (AvgIpc) is 2.07. The summed E-state index contributed by atoms with van der Waals surface area (Å²) in [6, 6.07) is 3.89. The lowest BCUT2D eigenvalue weighted by Crippen LogP contribution is -2.30. The van der Waals surface area contributed by atoms with E-state index >= 15 is 0 Å². The minimum Gasteiger partial charge on any atom is -0.369 e. The molecule has 76 valence electrons. The third-order valence-electron chi connectivity index (χ3n) is 1.98. The molecule has 0 radical (unpaired) electrons. The normalized spacial score (nSPS) is 10.5. The fraction of sp³-hybridized carbons (Fsp3) is 0.400. The number of hydrogen-bond donors (Lipinski definition) is 1. The van der Waals surface area contributed by atoms with Crippen LogP contribution in [0.4, 0.5) is 0 Å². The van der Waals surface area contributed by atoms with Crippen molar-refractivity contribution in [2.24, 2.45) is 5.73 Å². The van der Waals surface area contributed by atoms with Gasteiger partial charge in [0.1, 0.15) is 0 Å². The lowest BCUT2D eigenvalue weighted by molar-refractivity contribution is -0.118. The van der Waals surface area contributed by atoms with Crippen LogP contribution in [0.25, 0.3) is 0 Å². The predicted octanol–water partition coefficient (Wildman–Crippen LogP) is 0.307. The Morgan fingerprint density at radius 1 is 1.64 bits per heavy atom. The van der Waals surface area contributed by atoms with Gasteiger partial charge in [-0.1, -0.05) is 6.07 Å². The molecule has 0 aliphatic carbocycles. The summed E-state index contributed by atoms with van der Waals surface area (Å²) in [5, 5.41) is 0. The van der Waals surface area contributed by atoms with Crippen molar-refractivity contribution in [2.75, 3.05) is 13.6 Å².